The topological polar surface area (TPSA) is 46.6 Å². The smallest absolute Gasteiger partial charge is 0.310 e. The van der Waals surface area contributed by atoms with Gasteiger partial charge in [0.1, 0.15) is 5.82 Å². The van der Waals surface area contributed by atoms with Gasteiger partial charge in [0.25, 0.3) is 0 Å². The molecule has 0 aliphatic carbocycles. The minimum absolute atomic E-state index is 0.0978. The average Bonchev–Trinajstić information content (AvgIpc) is 2.50. The van der Waals surface area contributed by atoms with Crippen molar-refractivity contribution >= 4 is 23.5 Å². The molecule has 1 fully saturated rings. The van der Waals surface area contributed by atoms with Gasteiger partial charge in [0.2, 0.25) is 5.91 Å². The highest BCUT2D eigenvalue weighted by Gasteiger charge is 2.29. The monoisotopic (exact) mass is 313 g/mol. The number of ether oxygens (including phenoxy) is 1. The number of rotatable bonds is 3. The minimum atomic E-state index is -0.489. The van der Waals surface area contributed by atoms with Gasteiger partial charge >= 0.3 is 5.97 Å². The third kappa shape index (κ3) is 3.73. The number of amides is 1. The van der Waals surface area contributed by atoms with Gasteiger partial charge in [-0.1, -0.05) is 17.7 Å². The second kappa shape index (κ2) is 6.89. The highest BCUT2D eigenvalue weighted by Crippen LogP contribution is 2.22. The van der Waals surface area contributed by atoms with Crippen LogP contribution in [0.25, 0.3) is 0 Å². The van der Waals surface area contributed by atoms with Crippen LogP contribution in [0.15, 0.2) is 18.2 Å². The summed E-state index contributed by atoms with van der Waals surface area (Å²) in [5, 5.41) is 0.241. The molecular formula is C15H17ClFNO3. The van der Waals surface area contributed by atoms with E-state index in [-0.39, 0.29) is 34.8 Å². The molecule has 0 aromatic heterocycles. The normalized spacial score (nSPS) is 18.4. The zero-order valence-electron chi connectivity index (χ0n) is 11.8. The molecule has 1 aromatic rings. The van der Waals surface area contributed by atoms with E-state index in [4.69, 9.17) is 16.3 Å². The summed E-state index contributed by atoms with van der Waals surface area (Å²) in [4.78, 5) is 25.4. The number of carbonyl (C=O) groups excluding carboxylic acids is 2. The van der Waals surface area contributed by atoms with Crippen LogP contribution in [0.4, 0.5) is 4.39 Å². The number of piperidine rings is 1. The predicted molar refractivity (Wildman–Crippen MR) is 76.4 cm³/mol. The Bertz CT molecular complexity index is 529. The summed E-state index contributed by atoms with van der Waals surface area (Å²) >= 11 is 5.93. The van der Waals surface area contributed by atoms with Crippen LogP contribution < -0.4 is 0 Å². The number of nitrogens with zero attached hydrogens (tertiary/aromatic N) is 1. The second-order valence-corrected chi connectivity index (χ2v) is 5.49. The number of carbonyl (C=O) groups is 2. The molecule has 1 saturated heterocycles. The molecule has 0 N–H and O–H groups in total. The molecule has 6 heteroatoms. The van der Waals surface area contributed by atoms with Crippen LogP contribution >= 0.6 is 11.6 Å². The maximum absolute atomic E-state index is 13.7. The van der Waals surface area contributed by atoms with E-state index >= 15 is 0 Å². The van der Waals surface area contributed by atoms with Crippen molar-refractivity contribution in [1.82, 2.24) is 4.90 Å². The first-order valence-corrected chi connectivity index (χ1v) is 7.19. The fraction of sp³-hybridized carbons (Fsp3) is 0.467. The number of hydrogen-bond acceptors (Lipinski definition) is 3. The summed E-state index contributed by atoms with van der Waals surface area (Å²) in [5.74, 6) is -1.33. The Morgan fingerprint density at radius 3 is 2.90 bits per heavy atom. The Balaban J connectivity index is 2.05. The van der Waals surface area contributed by atoms with Gasteiger partial charge in [-0.3, -0.25) is 9.59 Å². The molecule has 1 heterocycles. The first kappa shape index (κ1) is 15.8. The second-order valence-electron chi connectivity index (χ2n) is 5.08. The predicted octanol–water partition coefficient (Wildman–Crippen LogP) is 2.43. The Morgan fingerprint density at radius 1 is 1.48 bits per heavy atom. The van der Waals surface area contributed by atoms with E-state index in [0.717, 1.165) is 6.42 Å². The van der Waals surface area contributed by atoms with E-state index in [2.05, 4.69) is 0 Å². The molecule has 0 radical (unpaired) electrons. The first-order valence-electron chi connectivity index (χ1n) is 6.81. The van der Waals surface area contributed by atoms with Gasteiger partial charge in [0.05, 0.1) is 19.4 Å². The molecule has 1 atom stereocenters. The largest absolute Gasteiger partial charge is 0.469 e. The van der Waals surface area contributed by atoms with Crippen molar-refractivity contribution < 1.29 is 18.7 Å². The number of benzene rings is 1. The van der Waals surface area contributed by atoms with Gasteiger partial charge in [-0.25, -0.2) is 4.39 Å². The molecule has 1 aromatic carbocycles. The zero-order chi connectivity index (χ0) is 15.4. The van der Waals surface area contributed by atoms with E-state index in [1.165, 1.54) is 19.2 Å². The molecular weight excluding hydrogens is 297 g/mol. The van der Waals surface area contributed by atoms with Crippen molar-refractivity contribution in [2.45, 2.75) is 19.3 Å². The highest BCUT2D eigenvalue weighted by molar-refractivity contribution is 6.31. The fourth-order valence-corrected chi connectivity index (χ4v) is 2.76. The van der Waals surface area contributed by atoms with E-state index in [0.29, 0.717) is 19.5 Å². The summed E-state index contributed by atoms with van der Waals surface area (Å²) in [6.45, 7) is 0.885. The van der Waals surface area contributed by atoms with Crippen LogP contribution in [0.3, 0.4) is 0 Å². The molecule has 0 spiro atoms. The summed E-state index contributed by atoms with van der Waals surface area (Å²) in [6.07, 6.45) is 1.34. The van der Waals surface area contributed by atoms with Gasteiger partial charge in [0.15, 0.2) is 0 Å². The minimum Gasteiger partial charge on any atom is -0.469 e. The molecule has 2 rings (SSSR count). The van der Waals surface area contributed by atoms with Crippen LogP contribution in [0.5, 0.6) is 0 Å². The van der Waals surface area contributed by atoms with Gasteiger partial charge in [-0.2, -0.15) is 0 Å². The van der Waals surface area contributed by atoms with Crippen LogP contribution in [0, 0.1) is 11.7 Å². The quantitative estimate of drug-likeness (QED) is 0.805. The van der Waals surface area contributed by atoms with Gasteiger partial charge in [0, 0.05) is 23.7 Å². The van der Waals surface area contributed by atoms with Gasteiger partial charge in [-0.15, -0.1) is 0 Å². The van der Waals surface area contributed by atoms with Crippen molar-refractivity contribution in [3.05, 3.63) is 34.6 Å². The van der Waals surface area contributed by atoms with E-state index < -0.39 is 5.82 Å². The standard InChI is InChI=1S/C15H17ClFNO3/c1-21-15(20)10-4-3-7-18(9-10)14(19)8-11-12(16)5-2-6-13(11)17/h2,5-6,10H,3-4,7-9H2,1H3/t10-/m0/s1. The Hall–Kier alpha value is -1.62. The molecule has 1 aliphatic heterocycles. The number of likely N-dealkylation sites (tertiary alicyclic amines) is 1. The summed E-state index contributed by atoms with van der Waals surface area (Å²) in [6, 6.07) is 4.34. The Morgan fingerprint density at radius 2 is 2.24 bits per heavy atom. The van der Waals surface area contributed by atoms with Crippen LogP contribution in [-0.2, 0) is 20.7 Å². The van der Waals surface area contributed by atoms with E-state index in [1.807, 2.05) is 0 Å². The third-order valence-electron chi connectivity index (χ3n) is 3.70. The van der Waals surface area contributed by atoms with Crippen LogP contribution in [0.2, 0.25) is 5.02 Å². The lowest BCUT2D eigenvalue weighted by atomic mass is 9.97. The van der Waals surface area contributed by atoms with Crippen molar-refractivity contribution in [2.75, 3.05) is 20.2 Å². The molecule has 0 bridgehead atoms. The van der Waals surface area contributed by atoms with E-state index in [1.54, 1.807) is 11.0 Å². The van der Waals surface area contributed by atoms with E-state index in [9.17, 15) is 14.0 Å². The van der Waals surface area contributed by atoms with Gasteiger partial charge < -0.3 is 9.64 Å². The molecule has 21 heavy (non-hydrogen) atoms. The molecule has 0 saturated carbocycles. The molecule has 1 amide bonds. The maximum Gasteiger partial charge on any atom is 0.310 e. The molecule has 114 valence electrons. The zero-order valence-corrected chi connectivity index (χ0v) is 12.5. The molecule has 1 aliphatic rings. The fourth-order valence-electron chi connectivity index (χ4n) is 2.53. The SMILES string of the molecule is COC(=O)[C@H]1CCCN(C(=O)Cc2c(F)cccc2Cl)C1. The first-order chi connectivity index (χ1) is 10.0. The van der Waals surface area contributed by atoms with Crippen molar-refractivity contribution in [3.63, 3.8) is 0 Å². The Kier molecular flexibility index (Phi) is 5.17. The number of hydrogen-bond donors (Lipinski definition) is 0. The third-order valence-corrected chi connectivity index (χ3v) is 4.05. The van der Waals surface area contributed by atoms with Crippen molar-refractivity contribution in [3.8, 4) is 0 Å². The summed E-state index contributed by atoms with van der Waals surface area (Å²) in [7, 11) is 1.34. The number of methoxy groups -OCH3 is 1. The lowest BCUT2D eigenvalue weighted by Crippen LogP contribution is -2.43. The molecule has 4 nitrogen and oxygen atoms in total. The van der Waals surface area contributed by atoms with Crippen LogP contribution in [-0.4, -0.2) is 37.0 Å². The number of halogens is 2. The summed E-state index contributed by atoms with van der Waals surface area (Å²) < 4.78 is 18.4. The average molecular weight is 314 g/mol. The van der Waals surface area contributed by atoms with Gasteiger partial charge in [-0.05, 0) is 25.0 Å². The lowest BCUT2D eigenvalue weighted by Gasteiger charge is -2.31. The van der Waals surface area contributed by atoms with Crippen molar-refractivity contribution in [1.29, 1.82) is 0 Å². The highest BCUT2D eigenvalue weighted by atomic mass is 35.5. The molecule has 0 unspecified atom stereocenters. The number of esters is 1. The summed E-state index contributed by atoms with van der Waals surface area (Å²) in [5.41, 5.74) is 0.198. The maximum atomic E-state index is 13.7. The van der Waals surface area contributed by atoms with Crippen LogP contribution in [0.1, 0.15) is 18.4 Å². The Labute approximate surface area is 127 Å². The van der Waals surface area contributed by atoms with Crippen molar-refractivity contribution in [2.24, 2.45) is 5.92 Å². The lowest BCUT2D eigenvalue weighted by molar-refractivity contribution is -0.148.